The van der Waals surface area contributed by atoms with Crippen LogP contribution in [0.4, 0.5) is 11.1 Å². The van der Waals surface area contributed by atoms with Gasteiger partial charge in [0.05, 0.1) is 4.88 Å². The van der Waals surface area contributed by atoms with E-state index in [9.17, 15) is 0 Å². The molecule has 0 saturated carbocycles. The average Bonchev–Trinajstić information content (AvgIpc) is 3.47. The van der Waals surface area contributed by atoms with Crippen LogP contribution >= 0.6 is 22.7 Å². The van der Waals surface area contributed by atoms with Gasteiger partial charge in [0.15, 0.2) is 10.6 Å². The van der Waals surface area contributed by atoms with Gasteiger partial charge < -0.3 is 14.2 Å². The number of oxazole rings is 1. The van der Waals surface area contributed by atoms with Gasteiger partial charge in [-0.05, 0) is 35.1 Å². The molecule has 4 aromatic rings. The Kier molecular flexibility index (Phi) is 4.52. The van der Waals surface area contributed by atoms with Crippen LogP contribution in [0.25, 0.3) is 21.0 Å². The van der Waals surface area contributed by atoms with Crippen LogP contribution in [0.5, 0.6) is 0 Å². The van der Waals surface area contributed by atoms with Crippen LogP contribution in [0.15, 0.2) is 40.1 Å². The Morgan fingerprint density at radius 2 is 1.86 bits per heavy atom. The first-order valence-electron chi connectivity index (χ1n) is 9.45. The summed E-state index contributed by atoms with van der Waals surface area (Å²) in [4.78, 5) is 10.4. The molecule has 28 heavy (non-hydrogen) atoms. The van der Waals surface area contributed by atoms with Crippen molar-refractivity contribution in [1.82, 2.24) is 15.2 Å². The van der Waals surface area contributed by atoms with E-state index in [0.29, 0.717) is 11.9 Å². The fourth-order valence-corrected chi connectivity index (χ4v) is 5.05. The molecular formula is C20H21N5OS2. The molecule has 1 fully saturated rings. The summed E-state index contributed by atoms with van der Waals surface area (Å²) in [6.45, 7) is 7.87. The lowest BCUT2D eigenvalue weighted by atomic mass is 10.0. The molecule has 5 rings (SSSR count). The molecule has 0 radical (unpaired) electrons. The molecule has 144 valence electrons. The zero-order chi connectivity index (χ0) is 19.1. The highest BCUT2D eigenvalue weighted by Crippen LogP contribution is 2.32. The summed E-state index contributed by atoms with van der Waals surface area (Å²) >= 11 is 3.36. The molecule has 1 aliphatic heterocycles. The largest absolute Gasteiger partial charge is 0.423 e. The fourth-order valence-electron chi connectivity index (χ4n) is 3.36. The average molecular weight is 412 g/mol. The van der Waals surface area contributed by atoms with E-state index in [1.54, 1.807) is 22.7 Å². The molecule has 6 nitrogen and oxygen atoms in total. The third-order valence-electron chi connectivity index (χ3n) is 5.03. The molecule has 4 heterocycles. The molecule has 0 amide bonds. The summed E-state index contributed by atoms with van der Waals surface area (Å²) < 4.78 is 6.01. The third-order valence-corrected chi connectivity index (χ3v) is 7.06. The summed E-state index contributed by atoms with van der Waals surface area (Å²) in [6.07, 6.45) is 0. The van der Waals surface area contributed by atoms with Gasteiger partial charge in [-0.15, -0.1) is 21.5 Å². The highest BCUT2D eigenvalue weighted by molar-refractivity contribution is 7.22. The van der Waals surface area contributed by atoms with Crippen LogP contribution in [0.1, 0.15) is 25.3 Å². The smallest absolute Gasteiger partial charge is 0.298 e. The first kappa shape index (κ1) is 17.6. The number of anilines is 2. The maximum absolute atomic E-state index is 6.01. The molecular weight excluding hydrogens is 390 g/mol. The minimum absolute atomic E-state index is 0.485. The lowest BCUT2D eigenvalue weighted by Gasteiger charge is -2.33. The van der Waals surface area contributed by atoms with E-state index in [0.717, 1.165) is 47.4 Å². The number of aromatic nitrogens is 3. The molecule has 1 saturated heterocycles. The van der Waals surface area contributed by atoms with Gasteiger partial charge in [0.1, 0.15) is 5.52 Å². The summed E-state index contributed by atoms with van der Waals surface area (Å²) in [5.74, 6) is 0.485. The van der Waals surface area contributed by atoms with Crippen molar-refractivity contribution in [3.63, 3.8) is 0 Å². The lowest BCUT2D eigenvalue weighted by molar-refractivity contribution is 0.541. The maximum Gasteiger partial charge on any atom is 0.298 e. The second-order valence-corrected chi connectivity index (χ2v) is 9.12. The van der Waals surface area contributed by atoms with Gasteiger partial charge in [0, 0.05) is 26.2 Å². The zero-order valence-corrected chi connectivity index (χ0v) is 17.5. The normalized spacial score (nSPS) is 15.1. The first-order valence-corrected chi connectivity index (χ1v) is 11.1. The Bertz CT molecular complexity index is 1080. The number of nitrogens with zero attached hydrogens (tertiary/aromatic N) is 5. The topological polar surface area (TPSA) is 58.3 Å². The maximum atomic E-state index is 6.01. The van der Waals surface area contributed by atoms with E-state index in [1.807, 2.05) is 12.1 Å². The molecule has 0 spiro atoms. The van der Waals surface area contributed by atoms with Crippen LogP contribution in [0, 0.1) is 0 Å². The Morgan fingerprint density at radius 3 is 2.61 bits per heavy atom. The number of rotatable bonds is 4. The minimum Gasteiger partial charge on any atom is -0.423 e. The monoisotopic (exact) mass is 411 g/mol. The predicted molar refractivity (Wildman–Crippen MR) is 116 cm³/mol. The molecule has 8 heteroatoms. The van der Waals surface area contributed by atoms with Crippen molar-refractivity contribution in [2.24, 2.45) is 0 Å². The number of hydrogen-bond donors (Lipinski definition) is 0. The summed E-state index contributed by atoms with van der Waals surface area (Å²) in [5, 5.41) is 12.8. The van der Waals surface area contributed by atoms with Crippen LogP contribution in [0.3, 0.4) is 0 Å². The van der Waals surface area contributed by atoms with Gasteiger partial charge in [0.2, 0.25) is 5.13 Å². The zero-order valence-electron chi connectivity index (χ0n) is 15.8. The molecule has 0 bridgehead atoms. The second-order valence-electron chi connectivity index (χ2n) is 7.22. The fraction of sp³-hybridized carbons (Fsp3) is 0.350. The van der Waals surface area contributed by atoms with Gasteiger partial charge >= 0.3 is 0 Å². The molecule has 1 aliphatic rings. The van der Waals surface area contributed by atoms with Crippen molar-refractivity contribution in [3.05, 3.63) is 41.3 Å². The number of thiophene rings is 1. The van der Waals surface area contributed by atoms with E-state index >= 15 is 0 Å². The van der Waals surface area contributed by atoms with Crippen molar-refractivity contribution >= 4 is 44.9 Å². The van der Waals surface area contributed by atoms with E-state index < -0.39 is 0 Å². The Balaban J connectivity index is 1.29. The standard InChI is InChI=1S/C20H21N5OS2/c1-13(2)14-5-6-16-15(12-14)21-19(26-16)24-7-9-25(10-8-24)20-23-22-18(28-20)17-4-3-11-27-17/h3-6,11-13H,7-10H2,1-2H3. The number of piperazine rings is 1. The quantitative estimate of drug-likeness (QED) is 0.478. The third kappa shape index (κ3) is 3.27. The molecule has 0 atom stereocenters. The first-order chi connectivity index (χ1) is 13.7. The van der Waals surface area contributed by atoms with E-state index in [4.69, 9.17) is 9.40 Å². The number of fused-ring (bicyclic) bond motifs is 1. The van der Waals surface area contributed by atoms with Crippen molar-refractivity contribution in [2.45, 2.75) is 19.8 Å². The highest BCUT2D eigenvalue weighted by atomic mass is 32.1. The van der Waals surface area contributed by atoms with Gasteiger partial charge in [-0.2, -0.15) is 4.98 Å². The van der Waals surface area contributed by atoms with E-state index in [1.165, 1.54) is 10.4 Å². The molecule has 0 unspecified atom stereocenters. The summed E-state index contributed by atoms with van der Waals surface area (Å²) in [6, 6.07) is 11.1. The Hall–Kier alpha value is -2.45. The van der Waals surface area contributed by atoms with Crippen molar-refractivity contribution in [2.75, 3.05) is 36.0 Å². The molecule has 0 N–H and O–H groups in total. The molecule has 0 aliphatic carbocycles. The number of hydrogen-bond acceptors (Lipinski definition) is 8. The van der Waals surface area contributed by atoms with Crippen molar-refractivity contribution < 1.29 is 4.42 Å². The van der Waals surface area contributed by atoms with E-state index in [2.05, 4.69) is 57.4 Å². The number of benzene rings is 1. The van der Waals surface area contributed by atoms with Crippen molar-refractivity contribution in [1.29, 1.82) is 0 Å². The lowest BCUT2D eigenvalue weighted by Crippen LogP contribution is -2.46. The molecule has 1 aromatic carbocycles. The van der Waals surface area contributed by atoms with E-state index in [-0.39, 0.29) is 0 Å². The predicted octanol–water partition coefficient (Wildman–Crippen LogP) is 4.86. The van der Waals surface area contributed by atoms with Crippen LogP contribution in [-0.2, 0) is 0 Å². The summed E-state index contributed by atoms with van der Waals surface area (Å²) in [7, 11) is 0. The Labute approximate surface area is 171 Å². The SMILES string of the molecule is CC(C)c1ccc2oc(N3CCN(c4nnc(-c5cccs5)s4)CC3)nc2c1. The van der Waals surface area contributed by atoms with Gasteiger partial charge in [-0.3, -0.25) is 0 Å². The highest BCUT2D eigenvalue weighted by Gasteiger charge is 2.23. The van der Waals surface area contributed by atoms with Gasteiger partial charge in [-0.1, -0.05) is 37.3 Å². The van der Waals surface area contributed by atoms with Crippen LogP contribution in [0.2, 0.25) is 0 Å². The minimum atomic E-state index is 0.485. The van der Waals surface area contributed by atoms with Crippen molar-refractivity contribution in [3.8, 4) is 9.88 Å². The van der Waals surface area contributed by atoms with Crippen LogP contribution in [-0.4, -0.2) is 41.4 Å². The molecule has 3 aromatic heterocycles. The van der Waals surface area contributed by atoms with Gasteiger partial charge in [-0.25, -0.2) is 0 Å². The van der Waals surface area contributed by atoms with Gasteiger partial charge in [0.25, 0.3) is 6.01 Å². The van der Waals surface area contributed by atoms with Crippen LogP contribution < -0.4 is 9.80 Å². The Morgan fingerprint density at radius 1 is 1.04 bits per heavy atom. The summed E-state index contributed by atoms with van der Waals surface area (Å²) in [5.41, 5.74) is 3.08. The second kappa shape index (κ2) is 7.18.